The highest BCUT2D eigenvalue weighted by molar-refractivity contribution is 9.09. The smallest absolute Gasteiger partial charge is 0.410 e. The Bertz CT molecular complexity index is 352. The Morgan fingerprint density at radius 3 is 2.45 bits per heavy atom. The molecule has 0 bridgehead atoms. The molecular weight excluding hydrogens is 346 g/mol. The van der Waals surface area contributed by atoms with Gasteiger partial charge in [0, 0.05) is 11.9 Å². The Morgan fingerprint density at radius 1 is 1.32 bits per heavy atom. The molecule has 1 rings (SSSR count). The molecule has 0 spiro atoms. The summed E-state index contributed by atoms with van der Waals surface area (Å²) in [7, 11) is 0. The highest BCUT2D eigenvalue weighted by Crippen LogP contribution is 2.29. The van der Waals surface area contributed by atoms with Gasteiger partial charge in [0.15, 0.2) is 0 Å². The minimum atomic E-state index is -0.456. The number of halogens is 1. The highest BCUT2D eigenvalue weighted by Gasteiger charge is 2.39. The molecule has 130 valence electrons. The third-order valence-electron chi connectivity index (χ3n) is 4.21. The first-order valence-corrected chi connectivity index (χ1v) is 9.55. The van der Waals surface area contributed by atoms with E-state index in [1.807, 2.05) is 20.8 Å². The van der Waals surface area contributed by atoms with Crippen molar-refractivity contribution >= 4 is 22.0 Å². The van der Waals surface area contributed by atoms with E-state index >= 15 is 0 Å². The van der Waals surface area contributed by atoms with E-state index in [1.165, 1.54) is 0 Å². The summed E-state index contributed by atoms with van der Waals surface area (Å²) in [5.74, 6) is 0.591. The first-order chi connectivity index (χ1) is 10.2. The maximum Gasteiger partial charge on any atom is 0.410 e. The van der Waals surface area contributed by atoms with Crippen LogP contribution >= 0.6 is 15.9 Å². The van der Waals surface area contributed by atoms with Gasteiger partial charge in [-0.1, -0.05) is 42.6 Å². The number of likely N-dealkylation sites (tertiary alicyclic amines) is 1. The lowest BCUT2D eigenvalue weighted by atomic mass is 9.94. The molecule has 0 aromatic heterocycles. The van der Waals surface area contributed by atoms with Crippen molar-refractivity contribution in [3.05, 3.63) is 0 Å². The molecule has 1 heterocycles. The van der Waals surface area contributed by atoms with Gasteiger partial charge in [-0.15, -0.1) is 0 Å². The molecule has 1 aliphatic heterocycles. The molecule has 4 nitrogen and oxygen atoms in total. The normalized spacial score (nSPS) is 23.0. The summed E-state index contributed by atoms with van der Waals surface area (Å²) in [6.45, 7) is 12.2. The second kappa shape index (κ2) is 8.53. The van der Waals surface area contributed by atoms with Crippen LogP contribution in [-0.4, -0.2) is 47.2 Å². The average Bonchev–Trinajstić information content (AvgIpc) is 2.47. The zero-order valence-corrected chi connectivity index (χ0v) is 16.4. The molecule has 1 aliphatic rings. The number of piperidine rings is 1. The van der Waals surface area contributed by atoms with E-state index in [4.69, 9.17) is 9.47 Å². The molecule has 0 aromatic rings. The van der Waals surface area contributed by atoms with Crippen molar-refractivity contribution in [1.29, 1.82) is 0 Å². The van der Waals surface area contributed by atoms with Gasteiger partial charge in [-0.25, -0.2) is 4.79 Å². The lowest BCUT2D eigenvalue weighted by molar-refractivity contribution is -0.0870. The molecule has 1 unspecified atom stereocenters. The molecule has 0 aliphatic carbocycles. The SMILES string of the molecule is CCC(CC)COC1(CBr)CCCN(C(=O)OC(C)(C)C)C1. The Morgan fingerprint density at radius 2 is 1.95 bits per heavy atom. The van der Waals surface area contributed by atoms with Crippen molar-refractivity contribution in [1.82, 2.24) is 4.90 Å². The maximum atomic E-state index is 12.3. The second-order valence-corrected chi connectivity index (χ2v) is 7.88. The zero-order chi connectivity index (χ0) is 16.8. The van der Waals surface area contributed by atoms with E-state index in [-0.39, 0.29) is 11.7 Å². The van der Waals surface area contributed by atoms with E-state index < -0.39 is 5.60 Å². The van der Waals surface area contributed by atoms with Crippen molar-refractivity contribution < 1.29 is 14.3 Å². The number of nitrogens with zero attached hydrogens (tertiary/aromatic N) is 1. The van der Waals surface area contributed by atoms with E-state index in [9.17, 15) is 4.79 Å². The Kier molecular flexibility index (Phi) is 7.66. The quantitative estimate of drug-likeness (QED) is 0.634. The second-order valence-electron chi connectivity index (χ2n) is 7.32. The number of alkyl halides is 1. The van der Waals surface area contributed by atoms with Crippen LogP contribution in [0.1, 0.15) is 60.3 Å². The van der Waals surface area contributed by atoms with Gasteiger partial charge in [0.25, 0.3) is 0 Å². The maximum absolute atomic E-state index is 12.3. The summed E-state index contributed by atoms with van der Waals surface area (Å²) in [6, 6.07) is 0. The summed E-state index contributed by atoms with van der Waals surface area (Å²) in [5.41, 5.74) is -0.736. The molecule has 0 N–H and O–H groups in total. The Hall–Kier alpha value is -0.290. The van der Waals surface area contributed by atoms with Gasteiger partial charge in [0.05, 0.1) is 18.8 Å². The Balaban J connectivity index is 2.66. The van der Waals surface area contributed by atoms with Gasteiger partial charge >= 0.3 is 6.09 Å². The van der Waals surface area contributed by atoms with Crippen molar-refractivity contribution in [2.45, 2.75) is 71.5 Å². The van der Waals surface area contributed by atoms with Gasteiger partial charge in [-0.3, -0.25) is 0 Å². The number of hydrogen-bond acceptors (Lipinski definition) is 3. The monoisotopic (exact) mass is 377 g/mol. The van der Waals surface area contributed by atoms with E-state index in [2.05, 4.69) is 29.8 Å². The molecular formula is C17H32BrNO3. The topological polar surface area (TPSA) is 38.8 Å². The predicted molar refractivity (Wildman–Crippen MR) is 93.6 cm³/mol. The summed E-state index contributed by atoms with van der Waals surface area (Å²) in [4.78, 5) is 14.1. The van der Waals surface area contributed by atoms with E-state index in [0.29, 0.717) is 12.5 Å². The van der Waals surface area contributed by atoms with Crippen LogP contribution in [0.3, 0.4) is 0 Å². The third-order valence-corrected chi connectivity index (χ3v) is 5.24. The zero-order valence-electron chi connectivity index (χ0n) is 14.8. The van der Waals surface area contributed by atoms with Crippen LogP contribution in [0.2, 0.25) is 0 Å². The van der Waals surface area contributed by atoms with Crippen molar-refractivity contribution in [3.8, 4) is 0 Å². The Labute approximate surface area is 144 Å². The van der Waals surface area contributed by atoms with Gasteiger partial charge in [-0.2, -0.15) is 0 Å². The summed E-state index contributed by atoms with van der Waals surface area (Å²) in [5, 5.41) is 0.749. The van der Waals surface area contributed by atoms with Crippen molar-refractivity contribution in [3.63, 3.8) is 0 Å². The molecule has 22 heavy (non-hydrogen) atoms. The number of rotatable bonds is 6. The molecule has 1 fully saturated rings. The van der Waals surface area contributed by atoms with Crippen LogP contribution in [0.5, 0.6) is 0 Å². The highest BCUT2D eigenvalue weighted by atomic mass is 79.9. The van der Waals surface area contributed by atoms with Gasteiger partial charge in [0.2, 0.25) is 0 Å². The molecule has 1 amide bonds. The fourth-order valence-electron chi connectivity index (χ4n) is 2.66. The van der Waals surface area contributed by atoms with Crippen LogP contribution < -0.4 is 0 Å². The largest absolute Gasteiger partial charge is 0.444 e. The van der Waals surface area contributed by atoms with Crippen molar-refractivity contribution in [2.24, 2.45) is 5.92 Å². The van der Waals surface area contributed by atoms with Crippen LogP contribution in [0, 0.1) is 5.92 Å². The van der Waals surface area contributed by atoms with Crippen LogP contribution in [-0.2, 0) is 9.47 Å². The number of hydrogen-bond donors (Lipinski definition) is 0. The number of carbonyl (C=O) groups is 1. The average molecular weight is 378 g/mol. The fourth-order valence-corrected chi connectivity index (χ4v) is 3.28. The lowest BCUT2D eigenvalue weighted by Gasteiger charge is -2.42. The van der Waals surface area contributed by atoms with Crippen LogP contribution in [0.4, 0.5) is 4.79 Å². The number of ether oxygens (including phenoxy) is 2. The van der Waals surface area contributed by atoms with Gasteiger partial charge in [0.1, 0.15) is 5.60 Å². The molecule has 1 atom stereocenters. The summed E-state index contributed by atoms with van der Waals surface area (Å²) in [6.07, 6.45) is 3.96. The summed E-state index contributed by atoms with van der Waals surface area (Å²) < 4.78 is 11.8. The van der Waals surface area contributed by atoms with Crippen LogP contribution in [0.25, 0.3) is 0 Å². The molecule has 0 saturated carbocycles. The molecule has 0 radical (unpaired) electrons. The summed E-state index contributed by atoms with van der Waals surface area (Å²) >= 11 is 3.60. The first kappa shape index (κ1) is 19.8. The van der Waals surface area contributed by atoms with Gasteiger partial charge < -0.3 is 14.4 Å². The lowest BCUT2D eigenvalue weighted by Crippen LogP contribution is -2.54. The van der Waals surface area contributed by atoms with Gasteiger partial charge in [-0.05, 0) is 39.5 Å². The molecule has 1 saturated heterocycles. The minimum absolute atomic E-state index is 0.233. The van der Waals surface area contributed by atoms with Crippen LogP contribution in [0.15, 0.2) is 0 Å². The van der Waals surface area contributed by atoms with E-state index in [1.54, 1.807) is 4.90 Å². The molecule has 0 aromatic carbocycles. The number of amides is 1. The predicted octanol–water partition coefficient (Wildman–Crippen LogP) is 4.60. The first-order valence-electron chi connectivity index (χ1n) is 8.43. The number of carbonyl (C=O) groups excluding carboxylic acids is 1. The third kappa shape index (κ3) is 6.07. The fraction of sp³-hybridized carbons (Fsp3) is 0.941. The minimum Gasteiger partial charge on any atom is -0.444 e. The standard InChI is InChI=1S/C17H32BrNO3/c1-6-14(7-2)11-21-17(12-18)9-8-10-19(13-17)15(20)22-16(3,4)5/h14H,6-13H2,1-5H3. The van der Waals surface area contributed by atoms with E-state index in [0.717, 1.165) is 44.2 Å². The molecule has 5 heteroatoms. The van der Waals surface area contributed by atoms with Crippen molar-refractivity contribution in [2.75, 3.05) is 25.0 Å².